The van der Waals surface area contributed by atoms with Crippen LogP contribution in [-0.2, 0) is 4.79 Å². The van der Waals surface area contributed by atoms with Crippen LogP contribution in [0.25, 0.3) is 0 Å². The van der Waals surface area contributed by atoms with Crippen LogP contribution in [0.15, 0.2) is 24.3 Å². The molecule has 0 unspecified atom stereocenters. The standard InChI is InChI=1S/C20H31N3O/c1-17-10-14-22(15-11-17)19-8-6-18(7-9-19)21-16-20(24)23-12-4-2-3-5-13-23/h6-9,17,21H,2-5,10-16H2,1H3. The van der Waals surface area contributed by atoms with Gasteiger partial charge in [0.2, 0.25) is 5.91 Å². The third-order valence-corrected chi connectivity index (χ3v) is 5.42. The van der Waals surface area contributed by atoms with E-state index in [-0.39, 0.29) is 5.91 Å². The number of benzene rings is 1. The van der Waals surface area contributed by atoms with Gasteiger partial charge in [-0.15, -0.1) is 0 Å². The molecule has 3 rings (SSSR count). The second kappa shape index (κ2) is 8.41. The van der Waals surface area contributed by atoms with Crippen LogP contribution in [-0.4, -0.2) is 43.5 Å². The van der Waals surface area contributed by atoms with Crippen molar-refractivity contribution in [1.29, 1.82) is 0 Å². The molecule has 132 valence electrons. The Morgan fingerprint density at radius 1 is 1.00 bits per heavy atom. The fraction of sp³-hybridized carbons (Fsp3) is 0.650. The van der Waals surface area contributed by atoms with Crippen molar-refractivity contribution in [1.82, 2.24) is 4.90 Å². The van der Waals surface area contributed by atoms with Gasteiger partial charge in [0.25, 0.3) is 0 Å². The lowest BCUT2D eigenvalue weighted by molar-refractivity contribution is -0.129. The number of nitrogens with one attached hydrogen (secondary N) is 1. The van der Waals surface area contributed by atoms with E-state index in [4.69, 9.17) is 0 Å². The van der Waals surface area contributed by atoms with E-state index < -0.39 is 0 Å². The zero-order valence-electron chi connectivity index (χ0n) is 15.0. The molecule has 0 spiro atoms. The molecule has 4 heteroatoms. The fourth-order valence-corrected chi connectivity index (χ4v) is 3.67. The molecule has 1 aromatic rings. The number of hydrogen-bond acceptors (Lipinski definition) is 3. The molecule has 0 aliphatic carbocycles. The number of carbonyl (C=O) groups excluding carboxylic acids is 1. The second-order valence-corrected chi connectivity index (χ2v) is 7.36. The molecule has 1 aromatic carbocycles. The molecule has 2 saturated heterocycles. The van der Waals surface area contributed by atoms with Crippen LogP contribution in [0.1, 0.15) is 45.4 Å². The molecule has 2 aliphatic rings. The summed E-state index contributed by atoms with van der Waals surface area (Å²) in [5.74, 6) is 1.08. The molecule has 0 radical (unpaired) electrons. The van der Waals surface area contributed by atoms with Crippen LogP contribution in [0.3, 0.4) is 0 Å². The summed E-state index contributed by atoms with van der Waals surface area (Å²) in [6.07, 6.45) is 7.38. The van der Waals surface area contributed by atoms with Crippen molar-refractivity contribution >= 4 is 17.3 Å². The third-order valence-electron chi connectivity index (χ3n) is 5.42. The Bertz CT molecular complexity index is 512. The van der Waals surface area contributed by atoms with Gasteiger partial charge in [-0.05, 0) is 55.9 Å². The Hall–Kier alpha value is -1.71. The van der Waals surface area contributed by atoms with Gasteiger partial charge in [0.15, 0.2) is 0 Å². The molecule has 24 heavy (non-hydrogen) atoms. The maximum atomic E-state index is 12.3. The van der Waals surface area contributed by atoms with Crippen molar-refractivity contribution in [3.05, 3.63) is 24.3 Å². The maximum Gasteiger partial charge on any atom is 0.241 e. The average Bonchev–Trinajstić information content (AvgIpc) is 2.90. The van der Waals surface area contributed by atoms with Gasteiger partial charge in [-0.3, -0.25) is 4.79 Å². The first-order valence-electron chi connectivity index (χ1n) is 9.59. The number of anilines is 2. The summed E-state index contributed by atoms with van der Waals surface area (Å²) in [5, 5.41) is 3.29. The number of piperidine rings is 1. The highest BCUT2D eigenvalue weighted by molar-refractivity contribution is 5.81. The van der Waals surface area contributed by atoms with Crippen molar-refractivity contribution in [2.24, 2.45) is 5.92 Å². The second-order valence-electron chi connectivity index (χ2n) is 7.36. The average molecular weight is 329 g/mol. The Balaban J connectivity index is 1.48. The number of carbonyl (C=O) groups is 1. The van der Waals surface area contributed by atoms with E-state index in [1.54, 1.807) is 0 Å². The predicted molar refractivity (Wildman–Crippen MR) is 101 cm³/mol. The van der Waals surface area contributed by atoms with Crippen LogP contribution < -0.4 is 10.2 Å². The SMILES string of the molecule is CC1CCN(c2ccc(NCC(=O)N3CCCCCC3)cc2)CC1. The van der Waals surface area contributed by atoms with E-state index >= 15 is 0 Å². The Kier molecular flexibility index (Phi) is 6.00. The number of nitrogens with zero attached hydrogens (tertiary/aromatic N) is 2. The summed E-state index contributed by atoms with van der Waals surface area (Å²) in [7, 11) is 0. The van der Waals surface area contributed by atoms with Gasteiger partial charge in [0, 0.05) is 37.6 Å². The molecule has 2 heterocycles. The van der Waals surface area contributed by atoms with E-state index in [9.17, 15) is 4.79 Å². The van der Waals surface area contributed by atoms with Crippen LogP contribution in [0.2, 0.25) is 0 Å². The normalized spacial score (nSPS) is 19.9. The molecule has 4 nitrogen and oxygen atoms in total. The Morgan fingerprint density at radius 3 is 2.25 bits per heavy atom. The third kappa shape index (κ3) is 4.65. The first kappa shape index (κ1) is 17.1. The summed E-state index contributed by atoms with van der Waals surface area (Å²) in [4.78, 5) is 16.8. The number of likely N-dealkylation sites (tertiary alicyclic amines) is 1. The smallest absolute Gasteiger partial charge is 0.241 e. The zero-order valence-corrected chi connectivity index (χ0v) is 15.0. The highest BCUT2D eigenvalue weighted by atomic mass is 16.2. The molecule has 2 aliphatic heterocycles. The molecule has 0 aromatic heterocycles. The summed E-state index contributed by atoms with van der Waals surface area (Å²) >= 11 is 0. The van der Waals surface area contributed by atoms with Gasteiger partial charge in [-0.1, -0.05) is 19.8 Å². The minimum atomic E-state index is 0.228. The number of hydrogen-bond donors (Lipinski definition) is 1. The number of rotatable bonds is 4. The predicted octanol–water partition coefficient (Wildman–Crippen LogP) is 3.74. The van der Waals surface area contributed by atoms with Crippen LogP contribution >= 0.6 is 0 Å². The van der Waals surface area contributed by atoms with Gasteiger partial charge in [-0.25, -0.2) is 0 Å². The lowest BCUT2D eigenvalue weighted by Gasteiger charge is -2.32. The Morgan fingerprint density at radius 2 is 1.62 bits per heavy atom. The van der Waals surface area contributed by atoms with Crippen molar-refractivity contribution in [3.8, 4) is 0 Å². The van der Waals surface area contributed by atoms with Crippen LogP contribution in [0, 0.1) is 5.92 Å². The molecule has 1 amide bonds. The van der Waals surface area contributed by atoms with Gasteiger partial charge < -0.3 is 15.1 Å². The molecule has 0 bridgehead atoms. The summed E-state index contributed by atoms with van der Waals surface area (Å²) in [6, 6.07) is 8.55. The van der Waals surface area contributed by atoms with Gasteiger partial charge in [0.1, 0.15) is 0 Å². The quantitative estimate of drug-likeness (QED) is 0.914. The van der Waals surface area contributed by atoms with Gasteiger partial charge in [-0.2, -0.15) is 0 Å². The van der Waals surface area contributed by atoms with E-state index in [0.29, 0.717) is 6.54 Å². The maximum absolute atomic E-state index is 12.3. The number of amides is 1. The summed E-state index contributed by atoms with van der Waals surface area (Å²) < 4.78 is 0. The van der Waals surface area contributed by atoms with Gasteiger partial charge >= 0.3 is 0 Å². The fourth-order valence-electron chi connectivity index (χ4n) is 3.67. The first-order valence-corrected chi connectivity index (χ1v) is 9.59. The van der Waals surface area contributed by atoms with Crippen LogP contribution in [0.4, 0.5) is 11.4 Å². The lowest BCUT2D eigenvalue weighted by atomic mass is 9.99. The minimum Gasteiger partial charge on any atom is -0.376 e. The summed E-state index contributed by atoms with van der Waals surface area (Å²) in [5.41, 5.74) is 2.33. The Labute approximate surface area is 146 Å². The van der Waals surface area contributed by atoms with Gasteiger partial charge in [0.05, 0.1) is 6.54 Å². The van der Waals surface area contributed by atoms with Crippen molar-refractivity contribution in [3.63, 3.8) is 0 Å². The topological polar surface area (TPSA) is 35.6 Å². The van der Waals surface area contributed by atoms with Crippen molar-refractivity contribution in [2.75, 3.05) is 42.9 Å². The highest BCUT2D eigenvalue weighted by Gasteiger charge is 2.17. The van der Waals surface area contributed by atoms with E-state index in [2.05, 4.69) is 41.4 Å². The summed E-state index contributed by atoms with van der Waals surface area (Å²) in [6.45, 7) is 6.90. The van der Waals surface area contributed by atoms with Crippen LogP contribution in [0.5, 0.6) is 0 Å². The molecule has 0 atom stereocenters. The largest absolute Gasteiger partial charge is 0.376 e. The molecule has 1 N–H and O–H groups in total. The van der Waals surface area contributed by atoms with E-state index in [1.165, 1.54) is 31.4 Å². The minimum absolute atomic E-state index is 0.228. The molecular formula is C20H31N3O. The first-order chi connectivity index (χ1) is 11.7. The molecule has 0 saturated carbocycles. The lowest BCUT2D eigenvalue weighted by Crippen LogP contribution is -2.36. The molecule has 2 fully saturated rings. The monoisotopic (exact) mass is 329 g/mol. The highest BCUT2D eigenvalue weighted by Crippen LogP contribution is 2.24. The molecular weight excluding hydrogens is 298 g/mol. The van der Waals surface area contributed by atoms with Crippen molar-refractivity contribution in [2.45, 2.75) is 45.4 Å². The van der Waals surface area contributed by atoms with E-state index in [1.807, 2.05) is 4.90 Å². The van der Waals surface area contributed by atoms with E-state index in [0.717, 1.165) is 50.6 Å². The zero-order chi connectivity index (χ0) is 16.8. The van der Waals surface area contributed by atoms with Crippen molar-refractivity contribution < 1.29 is 4.79 Å².